The largest absolute Gasteiger partial charge is 0.453 e. The molecule has 0 atom stereocenters. The highest BCUT2D eigenvalue weighted by molar-refractivity contribution is 5.68. The zero-order valence-electron chi connectivity index (χ0n) is 12.1. The molecule has 114 valence electrons. The van der Waals surface area contributed by atoms with Crippen LogP contribution < -0.4 is 5.32 Å². The fourth-order valence-corrected chi connectivity index (χ4v) is 2.27. The zero-order valence-corrected chi connectivity index (χ0v) is 12.1. The minimum atomic E-state index is -0.421. The summed E-state index contributed by atoms with van der Waals surface area (Å²) in [6.45, 7) is 1.42. The lowest BCUT2D eigenvalue weighted by atomic mass is 10.1. The fourth-order valence-electron chi connectivity index (χ4n) is 2.27. The molecule has 0 unspecified atom stereocenters. The van der Waals surface area contributed by atoms with Crippen LogP contribution in [-0.4, -0.2) is 43.3 Å². The van der Waals surface area contributed by atoms with Gasteiger partial charge in [-0.25, -0.2) is 9.59 Å². The van der Waals surface area contributed by atoms with E-state index in [9.17, 15) is 9.59 Å². The number of benzene rings is 1. The van der Waals surface area contributed by atoms with Gasteiger partial charge in [-0.05, 0) is 18.4 Å². The summed E-state index contributed by atoms with van der Waals surface area (Å²) in [6, 6.07) is 9.57. The van der Waals surface area contributed by atoms with Gasteiger partial charge in [0.25, 0.3) is 0 Å². The molecule has 2 rings (SSSR count). The molecule has 1 aromatic rings. The number of amides is 2. The predicted molar refractivity (Wildman–Crippen MR) is 76.8 cm³/mol. The van der Waals surface area contributed by atoms with Gasteiger partial charge in [0.1, 0.15) is 6.61 Å². The number of nitrogens with zero attached hydrogens (tertiary/aromatic N) is 1. The highest BCUT2D eigenvalue weighted by Gasteiger charge is 2.24. The Morgan fingerprint density at radius 2 is 1.90 bits per heavy atom. The number of carbonyl (C=O) groups excluding carboxylic acids is 2. The van der Waals surface area contributed by atoms with Crippen molar-refractivity contribution in [1.29, 1.82) is 0 Å². The van der Waals surface area contributed by atoms with Crippen molar-refractivity contribution < 1.29 is 19.1 Å². The van der Waals surface area contributed by atoms with E-state index >= 15 is 0 Å². The number of likely N-dealkylation sites (tertiary alicyclic amines) is 1. The van der Waals surface area contributed by atoms with Crippen LogP contribution in [0.5, 0.6) is 0 Å². The number of rotatable bonds is 3. The van der Waals surface area contributed by atoms with Crippen LogP contribution >= 0.6 is 0 Å². The standard InChI is InChI=1S/C15H20N2O4/c1-20-15(19)17-9-7-13(8-10-17)16-14(18)21-11-12-5-3-2-4-6-12/h2-6,13H,7-11H2,1H3,(H,16,18). The molecule has 0 spiro atoms. The van der Waals surface area contributed by atoms with Gasteiger partial charge in [0.05, 0.1) is 7.11 Å². The topological polar surface area (TPSA) is 67.9 Å². The summed E-state index contributed by atoms with van der Waals surface area (Å²) in [5.41, 5.74) is 0.952. The van der Waals surface area contributed by atoms with Crippen LogP contribution in [0.4, 0.5) is 9.59 Å². The summed E-state index contributed by atoms with van der Waals surface area (Å²) in [4.78, 5) is 24.7. The fraction of sp³-hybridized carbons (Fsp3) is 0.467. The van der Waals surface area contributed by atoms with Crippen molar-refractivity contribution in [2.75, 3.05) is 20.2 Å². The second-order valence-electron chi connectivity index (χ2n) is 4.94. The molecule has 0 bridgehead atoms. The summed E-state index contributed by atoms with van der Waals surface area (Å²) in [7, 11) is 1.37. The van der Waals surface area contributed by atoms with Gasteiger partial charge in [-0.2, -0.15) is 0 Å². The molecule has 1 aromatic carbocycles. The SMILES string of the molecule is COC(=O)N1CCC(NC(=O)OCc2ccccc2)CC1. The number of methoxy groups -OCH3 is 1. The highest BCUT2D eigenvalue weighted by Crippen LogP contribution is 2.11. The second kappa shape index (κ2) is 7.52. The average molecular weight is 292 g/mol. The molecule has 1 aliphatic heterocycles. The number of piperidine rings is 1. The van der Waals surface area contributed by atoms with Crippen LogP contribution in [-0.2, 0) is 16.1 Å². The molecule has 0 saturated carbocycles. The number of hydrogen-bond acceptors (Lipinski definition) is 4. The maximum Gasteiger partial charge on any atom is 0.409 e. The zero-order chi connectivity index (χ0) is 15.1. The molecule has 1 fully saturated rings. The number of ether oxygens (including phenoxy) is 2. The average Bonchev–Trinajstić information content (AvgIpc) is 2.54. The van der Waals surface area contributed by atoms with Crippen molar-refractivity contribution in [3.8, 4) is 0 Å². The van der Waals surface area contributed by atoms with E-state index in [1.54, 1.807) is 4.90 Å². The van der Waals surface area contributed by atoms with Gasteiger partial charge in [0, 0.05) is 19.1 Å². The Morgan fingerprint density at radius 1 is 1.24 bits per heavy atom. The van der Waals surface area contributed by atoms with Crippen molar-refractivity contribution in [3.63, 3.8) is 0 Å². The third-order valence-electron chi connectivity index (χ3n) is 3.46. The van der Waals surface area contributed by atoms with Crippen LogP contribution in [0.15, 0.2) is 30.3 Å². The van der Waals surface area contributed by atoms with Gasteiger partial charge in [-0.3, -0.25) is 0 Å². The van der Waals surface area contributed by atoms with E-state index in [0.717, 1.165) is 5.56 Å². The summed E-state index contributed by atoms with van der Waals surface area (Å²) in [6.07, 6.45) is 0.668. The Bertz CT molecular complexity index is 470. The van der Waals surface area contributed by atoms with Crippen LogP contribution in [0.25, 0.3) is 0 Å². The van der Waals surface area contributed by atoms with Gasteiger partial charge in [0.2, 0.25) is 0 Å². The Morgan fingerprint density at radius 3 is 2.52 bits per heavy atom. The molecule has 6 heteroatoms. The number of alkyl carbamates (subject to hydrolysis) is 1. The van der Waals surface area contributed by atoms with E-state index in [0.29, 0.717) is 25.9 Å². The molecule has 1 N–H and O–H groups in total. The summed E-state index contributed by atoms with van der Waals surface area (Å²) < 4.78 is 9.84. The molecule has 0 radical (unpaired) electrons. The Labute approximate surface area is 124 Å². The van der Waals surface area contributed by atoms with E-state index in [4.69, 9.17) is 4.74 Å². The van der Waals surface area contributed by atoms with Gasteiger partial charge in [0.15, 0.2) is 0 Å². The first-order valence-corrected chi connectivity index (χ1v) is 6.99. The first-order valence-electron chi connectivity index (χ1n) is 6.99. The van der Waals surface area contributed by atoms with Crippen molar-refractivity contribution in [2.24, 2.45) is 0 Å². The molecule has 6 nitrogen and oxygen atoms in total. The first kappa shape index (κ1) is 15.2. The number of carbonyl (C=O) groups is 2. The maximum absolute atomic E-state index is 11.7. The normalized spacial score (nSPS) is 15.4. The summed E-state index contributed by atoms with van der Waals surface area (Å²) >= 11 is 0. The molecule has 21 heavy (non-hydrogen) atoms. The van der Waals surface area contributed by atoms with E-state index in [2.05, 4.69) is 10.1 Å². The van der Waals surface area contributed by atoms with Crippen molar-refractivity contribution >= 4 is 12.2 Å². The lowest BCUT2D eigenvalue weighted by Crippen LogP contribution is -2.46. The van der Waals surface area contributed by atoms with Crippen LogP contribution in [0.1, 0.15) is 18.4 Å². The number of nitrogens with one attached hydrogen (secondary N) is 1. The molecule has 1 aliphatic rings. The predicted octanol–water partition coefficient (Wildman–Crippen LogP) is 2.14. The first-order chi connectivity index (χ1) is 10.2. The Balaban J connectivity index is 1.68. The second-order valence-corrected chi connectivity index (χ2v) is 4.94. The Kier molecular flexibility index (Phi) is 5.43. The molecule has 0 aromatic heterocycles. The lowest BCUT2D eigenvalue weighted by Gasteiger charge is -2.31. The van der Waals surface area contributed by atoms with E-state index in [1.807, 2.05) is 30.3 Å². The van der Waals surface area contributed by atoms with Crippen LogP contribution in [0.2, 0.25) is 0 Å². The third-order valence-corrected chi connectivity index (χ3v) is 3.46. The lowest BCUT2D eigenvalue weighted by molar-refractivity contribution is 0.105. The van der Waals surface area contributed by atoms with Crippen molar-refractivity contribution in [3.05, 3.63) is 35.9 Å². The molecular formula is C15H20N2O4. The van der Waals surface area contributed by atoms with E-state index < -0.39 is 6.09 Å². The highest BCUT2D eigenvalue weighted by atomic mass is 16.5. The Hall–Kier alpha value is -2.24. The summed E-state index contributed by atoms with van der Waals surface area (Å²) in [5, 5.41) is 2.83. The molecule has 1 saturated heterocycles. The van der Waals surface area contributed by atoms with Gasteiger partial charge in [-0.15, -0.1) is 0 Å². The molecule has 2 amide bonds. The van der Waals surface area contributed by atoms with Gasteiger partial charge < -0.3 is 19.7 Å². The van der Waals surface area contributed by atoms with Gasteiger partial charge >= 0.3 is 12.2 Å². The van der Waals surface area contributed by atoms with E-state index in [-0.39, 0.29) is 18.7 Å². The van der Waals surface area contributed by atoms with Crippen LogP contribution in [0, 0.1) is 0 Å². The monoisotopic (exact) mass is 292 g/mol. The molecule has 0 aliphatic carbocycles. The smallest absolute Gasteiger partial charge is 0.409 e. The minimum Gasteiger partial charge on any atom is -0.453 e. The maximum atomic E-state index is 11.7. The minimum absolute atomic E-state index is 0.0363. The summed E-state index contributed by atoms with van der Waals surface area (Å²) in [5.74, 6) is 0. The van der Waals surface area contributed by atoms with E-state index in [1.165, 1.54) is 7.11 Å². The van der Waals surface area contributed by atoms with Crippen molar-refractivity contribution in [1.82, 2.24) is 10.2 Å². The number of hydrogen-bond donors (Lipinski definition) is 1. The van der Waals surface area contributed by atoms with Crippen LogP contribution in [0.3, 0.4) is 0 Å². The van der Waals surface area contributed by atoms with Crippen molar-refractivity contribution in [2.45, 2.75) is 25.5 Å². The quantitative estimate of drug-likeness (QED) is 0.927. The van der Waals surface area contributed by atoms with Gasteiger partial charge in [-0.1, -0.05) is 30.3 Å². The molecule has 1 heterocycles. The molecular weight excluding hydrogens is 272 g/mol. The third kappa shape index (κ3) is 4.66.